The second-order valence-electron chi connectivity index (χ2n) is 6.44. The van der Waals surface area contributed by atoms with Crippen molar-refractivity contribution < 1.29 is 0 Å². The summed E-state index contributed by atoms with van der Waals surface area (Å²) in [5.41, 5.74) is 3.80. The van der Waals surface area contributed by atoms with E-state index in [0.717, 1.165) is 22.1 Å². The van der Waals surface area contributed by atoms with Gasteiger partial charge in [0.25, 0.3) is 0 Å². The summed E-state index contributed by atoms with van der Waals surface area (Å²) >= 11 is 0. The lowest BCUT2D eigenvalue weighted by molar-refractivity contribution is 0.321. The Kier molecular flexibility index (Phi) is 12.0. The zero-order valence-corrected chi connectivity index (χ0v) is 18.7. The van der Waals surface area contributed by atoms with Crippen molar-refractivity contribution in [1.29, 1.82) is 0 Å². The second kappa shape index (κ2) is 14.0. The van der Waals surface area contributed by atoms with Gasteiger partial charge in [-0.1, -0.05) is 65.8 Å². The van der Waals surface area contributed by atoms with Crippen molar-refractivity contribution in [2.45, 2.75) is 41.5 Å². The van der Waals surface area contributed by atoms with Gasteiger partial charge in [-0.15, -0.1) is 0 Å². The van der Waals surface area contributed by atoms with Gasteiger partial charge in [-0.25, -0.2) is 9.97 Å². The minimum absolute atomic E-state index is 0.950. The Hall–Kier alpha value is -2.04. The van der Waals surface area contributed by atoms with Crippen LogP contribution in [0, 0.1) is 0 Å². The first-order valence-electron chi connectivity index (χ1n) is 10.7. The Labute approximate surface area is 171 Å². The number of para-hydroxylation sites is 4. The summed E-state index contributed by atoms with van der Waals surface area (Å²) in [6, 6.07) is 15.8. The van der Waals surface area contributed by atoms with E-state index in [9.17, 15) is 0 Å². The summed E-state index contributed by atoms with van der Waals surface area (Å²) in [5.74, 6) is 0. The lowest BCUT2D eigenvalue weighted by atomic mass is 10.2. The van der Waals surface area contributed by atoms with Crippen LogP contribution in [0.1, 0.15) is 41.5 Å². The normalized spacial score (nSPS) is 10.6. The van der Waals surface area contributed by atoms with Gasteiger partial charge in [0.2, 0.25) is 0 Å². The standard InChI is InChI=1S/C12H8N2.2C6H15N/c1-2-6-10-9(5-1)13-11-7-3-4-8-12(11)14-10;2*1-4-7(5-2)6-3/h1-8H;2*4-6H2,1-3H3. The molecule has 1 aromatic heterocycles. The summed E-state index contributed by atoms with van der Waals surface area (Å²) in [6.07, 6.45) is 0. The molecule has 0 saturated heterocycles. The molecule has 28 heavy (non-hydrogen) atoms. The van der Waals surface area contributed by atoms with Crippen LogP contribution in [0.3, 0.4) is 0 Å². The van der Waals surface area contributed by atoms with Gasteiger partial charge in [0.1, 0.15) is 0 Å². The van der Waals surface area contributed by atoms with Crippen LogP contribution in [-0.2, 0) is 0 Å². The Morgan fingerprint density at radius 3 is 0.821 bits per heavy atom. The van der Waals surface area contributed by atoms with Crippen LogP contribution in [0.25, 0.3) is 22.1 Å². The molecule has 0 aliphatic rings. The fraction of sp³-hybridized carbons (Fsp3) is 0.500. The Morgan fingerprint density at radius 2 is 0.679 bits per heavy atom. The van der Waals surface area contributed by atoms with Crippen molar-refractivity contribution >= 4 is 22.1 Å². The molecule has 0 radical (unpaired) electrons. The largest absolute Gasteiger partial charge is 0.304 e. The summed E-state index contributed by atoms with van der Waals surface area (Å²) in [7, 11) is 0. The average molecular weight is 383 g/mol. The van der Waals surface area contributed by atoms with E-state index in [1.807, 2.05) is 48.5 Å². The van der Waals surface area contributed by atoms with Crippen molar-refractivity contribution in [3.8, 4) is 0 Å². The highest BCUT2D eigenvalue weighted by Crippen LogP contribution is 2.14. The molecule has 0 unspecified atom stereocenters. The van der Waals surface area contributed by atoms with Gasteiger partial charge >= 0.3 is 0 Å². The fourth-order valence-corrected chi connectivity index (χ4v) is 2.91. The monoisotopic (exact) mass is 382 g/mol. The Morgan fingerprint density at radius 1 is 0.464 bits per heavy atom. The van der Waals surface area contributed by atoms with Gasteiger partial charge in [0.05, 0.1) is 22.1 Å². The highest BCUT2D eigenvalue weighted by atomic mass is 15.1. The maximum absolute atomic E-state index is 4.52. The van der Waals surface area contributed by atoms with Crippen molar-refractivity contribution in [3.63, 3.8) is 0 Å². The molecule has 0 fully saturated rings. The fourth-order valence-electron chi connectivity index (χ4n) is 2.91. The molecular formula is C24H38N4. The smallest absolute Gasteiger partial charge is 0.0894 e. The Balaban J connectivity index is 0.000000240. The van der Waals surface area contributed by atoms with E-state index in [4.69, 9.17) is 0 Å². The molecule has 0 saturated carbocycles. The Bertz CT molecular complexity index is 651. The van der Waals surface area contributed by atoms with E-state index in [2.05, 4.69) is 61.3 Å². The number of benzene rings is 2. The maximum atomic E-state index is 4.52. The maximum Gasteiger partial charge on any atom is 0.0894 e. The van der Waals surface area contributed by atoms with Gasteiger partial charge in [-0.2, -0.15) is 0 Å². The first kappa shape index (κ1) is 24.0. The summed E-state index contributed by atoms with van der Waals surface area (Å²) in [5, 5.41) is 0. The first-order chi connectivity index (χ1) is 13.6. The molecule has 2 aromatic carbocycles. The molecule has 0 bridgehead atoms. The molecule has 3 aromatic rings. The number of aromatic nitrogens is 2. The first-order valence-corrected chi connectivity index (χ1v) is 10.7. The van der Waals surface area contributed by atoms with Gasteiger partial charge in [-0.3, -0.25) is 0 Å². The zero-order valence-electron chi connectivity index (χ0n) is 18.7. The minimum Gasteiger partial charge on any atom is -0.304 e. The average Bonchev–Trinajstić information content (AvgIpc) is 2.75. The molecule has 4 heteroatoms. The van der Waals surface area contributed by atoms with Crippen LogP contribution in [0.15, 0.2) is 48.5 Å². The van der Waals surface area contributed by atoms with E-state index in [-0.39, 0.29) is 0 Å². The van der Waals surface area contributed by atoms with Crippen LogP contribution in [0.4, 0.5) is 0 Å². The summed E-state index contributed by atoms with van der Waals surface area (Å²) in [6.45, 7) is 20.2. The van der Waals surface area contributed by atoms with E-state index < -0.39 is 0 Å². The topological polar surface area (TPSA) is 32.3 Å². The molecule has 1 heterocycles. The van der Waals surface area contributed by atoms with E-state index in [1.54, 1.807) is 0 Å². The highest BCUT2D eigenvalue weighted by molar-refractivity contribution is 5.85. The second-order valence-corrected chi connectivity index (χ2v) is 6.44. The van der Waals surface area contributed by atoms with Crippen LogP contribution in [-0.4, -0.2) is 59.0 Å². The molecule has 0 N–H and O–H groups in total. The lowest BCUT2D eigenvalue weighted by Crippen LogP contribution is -2.21. The van der Waals surface area contributed by atoms with Crippen molar-refractivity contribution in [2.24, 2.45) is 0 Å². The van der Waals surface area contributed by atoms with Crippen molar-refractivity contribution in [1.82, 2.24) is 19.8 Å². The third-order valence-electron chi connectivity index (χ3n) is 4.93. The number of hydrogen-bond donors (Lipinski definition) is 0. The molecule has 0 aliphatic heterocycles. The molecular weight excluding hydrogens is 344 g/mol. The van der Waals surface area contributed by atoms with Crippen LogP contribution in [0.5, 0.6) is 0 Å². The predicted molar refractivity (Wildman–Crippen MR) is 124 cm³/mol. The zero-order chi connectivity index (χ0) is 20.8. The van der Waals surface area contributed by atoms with E-state index in [0.29, 0.717) is 0 Å². The number of rotatable bonds is 6. The molecule has 0 atom stereocenters. The van der Waals surface area contributed by atoms with Gasteiger partial charge < -0.3 is 9.80 Å². The molecule has 0 aliphatic carbocycles. The van der Waals surface area contributed by atoms with Gasteiger partial charge in [0.15, 0.2) is 0 Å². The van der Waals surface area contributed by atoms with E-state index in [1.165, 1.54) is 39.3 Å². The van der Waals surface area contributed by atoms with Crippen molar-refractivity contribution in [2.75, 3.05) is 39.3 Å². The number of hydrogen-bond acceptors (Lipinski definition) is 4. The van der Waals surface area contributed by atoms with Gasteiger partial charge in [-0.05, 0) is 63.5 Å². The number of nitrogens with zero attached hydrogens (tertiary/aromatic N) is 4. The van der Waals surface area contributed by atoms with Crippen LogP contribution in [0.2, 0.25) is 0 Å². The third-order valence-corrected chi connectivity index (χ3v) is 4.93. The molecule has 4 nitrogen and oxygen atoms in total. The quantitative estimate of drug-likeness (QED) is 0.529. The molecule has 154 valence electrons. The highest BCUT2D eigenvalue weighted by Gasteiger charge is 1.98. The van der Waals surface area contributed by atoms with E-state index >= 15 is 0 Å². The summed E-state index contributed by atoms with van der Waals surface area (Å²) < 4.78 is 0. The SMILES string of the molecule is CCN(CC)CC.CCN(CC)CC.c1ccc2nc3ccccc3nc2c1. The molecule has 3 rings (SSSR count). The number of fused-ring (bicyclic) bond motifs is 2. The summed E-state index contributed by atoms with van der Waals surface area (Å²) in [4.78, 5) is 13.8. The van der Waals surface area contributed by atoms with Gasteiger partial charge in [0, 0.05) is 0 Å². The molecule has 0 spiro atoms. The third kappa shape index (κ3) is 7.91. The van der Waals surface area contributed by atoms with Crippen LogP contribution < -0.4 is 0 Å². The molecule has 0 amide bonds. The minimum atomic E-state index is 0.950. The lowest BCUT2D eigenvalue weighted by Gasteiger charge is -2.13. The van der Waals surface area contributed by atoms with Crippen LogP contribution >= 0.6 is 0 Å². The van der Waals surface area contributed by atoms with Crippen molar-refractivity contribution in [3.05, 3.63) is 48.5 Å². The predicted octanol–water partition coefficient (Wildman–Crippen LogP) is 5.48.